The third kappa shape index (κ3) is 5.54. The third-order valence-electron chi connectivity index (χ3n) is 5.49. The van der Waals surface area contributed by atoms with E-state index in [-0.39, 0.29) is 25.7 Å². The number of halogens is 3. The van der Waals surface area contributed by atoms with Gasteiger partial charge in [0.1, 0.15) is 5.75 Å². The number of hydrogen-bond donors (Lipinski definition) is 0. The number of nitrogens with zero attached hydrogens (tertiary/aromatic N) is 1. The van der Waals surface area contributed by atoms with Crippen LogP contribution in [0.1, 0.15) is 39.5 Å². The summed E-state index contributed by atoms with van der Waals surface area (Å²) < 4.78 is 49.0. The van der Waals surface area contributed by atoms with Crippen LogP contribution in [0, 0.1) is 0 Å². The van der Waals surface area contributed by atoms with Crippen molar-refractivity contribution in [3.05, 3.63) is 94.5 Å². The van der Waals surface area contributed by atoms with Gasteiger partial charge in [0.2, 0.25) is 0 Å². The van der Waals surface area contributed by atoms with E-state index in [1.165, 1.54) is 17.0 Å². The lowest BCUT2D eigenvalue weighted by atomic mass is 10.0. The molecule has 5 nitrogen and oxygen atoms in total. The van der Waals surface area contributed by atoms with E-state index in [2.05, 4.69) is 0 Å². The second-order valence-electron chi connectivity index (χ2n) is 7.81. The summed E-state index contributed by atoms with van der Waals surface area (Å²) in [5.41, 5.74) is 2.60. The maximum absolute atomic E-state index is 12.9. The van der Waals surface area contributed by atoms with Crippen LogP contribution < -0.4 is 9.64 Å². The minimum absolute atomic E-state index is 0.185. The van der Waals surface area contributed by atoms with Gasteiger partial charge in [0.05, 0.1) is 18.7 Å². The molecule has 1 amide bonds. The van der Waals surface area contributed by atoms with E-state index in [0.29, 0.717) is 17.0 Å². The monoisotopic (exact) mass is 481 g/mol. The molecule has 8 heteroatoms. The van der Waals surface area contributed by atoms with Crippen LogP contribution >= 0.6 is 0 Å². The van der Waals surface area contributed by atoms with Crippen molar-refractivity contribution in [1.29, 1.82) is 0 Å². The van der Waals surface area contributed by atoms with Gasteiger partial charge in [0.25, 0.3) is 5.91 Å². The molecule has 1 aliphatic heterocycles. The molecule has 0 unspecified atom stereocenters. The van der Waals surface area contributed by atoms with Gasteiger partial charge in [0.15, 0.2) is 6.61 Å². The number of fused-ring (bicyclic) bond motifs is 1. The van der Waals surface area contributed by atoms with Gasteiger partial charge in [-0.05, 0) is 66.1 Å². The fourth-order valence-corrected chi connectivity index (χ4v) is 3.79. The zero-order valence-corrected chi connectivity index (χ0v) is 18.8. The van der Waals surface area contributed by atoms with Crippen molar-refractivity contribution >= 4 is 29.7 Å². The highest BCUT2D eigenvalue weighted by Gasteiger charge is 2.32. The minimum Gasteiger partial charge on any atom is -0.482 e. The van der Waals surface area contributed by atoms with Crippen molar-refractivity contribution in [3.8, 4) is 5.75 Å². The van der Waals surface area contributed by atoms with E-state index in [0.717, 1.165) is 28.8 Å². The molecular weight excluding hydrogens is 459 g/mol. The molecule has 180 valence electrons. The molecule has 0 N–H and O–H groups in total. The van der Waals surface area contributed by atoms with Gasteiger partial charge in [-0.3, -0.25) is 4.79 Å². The Bertz CT molecular complexity index is 1270. The summed E-state index contributed by atoms with van der Waals surface area (Å²) in [5.74, 6) is -0.193. The highest BCUT2D eigenvalue weighted by Crippen LogP contribution is 2.34. The zero-order chi connectivity index (χ0) is 25.0. The molecule has 0 spiro atoms. The van der Waals surface area contributed by atoms with E-state index in [1.807, 2.05) is 24.3 Å². The first-order valence-corrected chi connectivity index (χ1v) is 10.9. The molecule has 0 saturated heterocycles. The Hall–Kier alpha value is -4.07. The molecule has 1 aliphatic rings. The molecule has 0 saturated carbocycles. The van der Waals surface area contributed by atoms with Gasteiger partial charge < -0.3 is 14.4 Å². The standard InChI is InChI=1S/C27H22F3NO4/c1-2-34-25(32)17-35-22-7-3-5-18(15-22)9-10-19-6-4-8-23-24(19)16-31(26(23)33)21-13-11-20(12-14-21)27(28,29)30/h3-15H,2,16-17H2,1H3/b10-9+. The van der Waals surface area contributed by atoms with Crippen LogP contribution in [0.4, 0.5) is 18.9 Å². The number of amides is 1. The number of anilines is 1. The molecule has 0 aliphatic carbocycles. The Morgan fingerprint density at radius 3 is 2.49 bits per heavy atom. The second-order valence-corrected chi connectivity index (χ2v) is 7.81. The van der Waals surface area contributed by atoms with Gasteiger partial charge >= 0.3 is 12.1 Å². The Labute approximate surface area is 200 Å². The fourth-order valence-electron chi connectivity index (χ4n) is 3.79. The average molecular weight is 481 g/mol. The largest absolute Gasteiger partial charge is 0.482 e. The van der Waals surface area contributed by atoms with Crippen LogP contribution in [0.15, 0.2) is 66.7 Å². The van der Waals surface area contributed by atoms with Crippen LogP contribution in [-0.2, 0) is 22.3 Å². The molecule has 1 heterocycles. The number of carbonyl (C=O) groups is 2. The normalized spacial score (nSPS) is 13.3. The number of benzene rings is 3. The van der Waals surface area contributed by atoms with Crippen LogP contribution in [0.3, 0.4) is 0 Å². The first-order valence-electron chi connectivity index (χ1n) is 10.9. The summed E-state index contributed by atoms with van der Waals surface area (Å²) in [6.45, 7) is 2.07. The van der Waals surface area contributed by atoms with Crippen molar-refractivity contribution in [2.75, 3.05) is 18.1 Å². The van der Waals surface area contributed by atoms with Crippen LogP contribution in [-0.4, -0.2) is 25.1 Å². The molecule has 0 fully saturated rings. The highest BCUT2D eigenvalue weighted by atomic mass is 19.4. The smallest absolute Gasteiger partial charge is 0.416 e. The van der Waals surface area contributed by atoms with Crippen molar-refractivity contribution in [3.63, 3.8) is 0 Å². The van der Waals surface area contributed by atoms with E-state index >= 15 is 0 Å². The molecule has 0 aromatic heterocycles. The van der Waals surface area contributed by atoms with E-state index in [4.69, 9.17) is 9.47 Å². The van der Waals surface area contributed by atoms with Crippen LogP contribution in [0.5, 0.6) is 5.75 Å². The van der Waals surface area contributed by atoms with Crippen molar-refractivity contribution < 1.29 is 32.2 Å². The predicted octanol–water partition coefficient (Wildman–Crippen LogP) is 5.98. The predicted molar refractivity (Wildman–Crippen MR) is 126 cm³/mol. The number of ether oxygens (including phenoxy) is 2. The maximum atomic E-state index is 12.9. The van der Waals surface area contributed by atoms with Gasteiger partial charge in [0, 0.05) is 11.3 Å². The summed E-state index contributed by atoms with van der Waals surface area (Å²) in [5, 5.41) is 0. The van der Waals surface area contributed by atoms with E-state index < -0.39 is 17.7 Å². The maximum Gasteiger partial charge on any atom is 0.416 e. The first-order chi connectivity index (χ1) is 16.8. The minimum atomic E-state index is -4.43. The summed E-state index contributed by atoms with van der Waals surface area (Å²) >= 11 is 0. The molecule has 3 aromatic rings. The summed E-state index contributed by atoms with van der Waals surface area (Å²) in [6.07, 6.45) is -0.708. The van der Waals surface area contributed by atoms with Gasteiger partial charge in [-0.15, -0.1) is 0 Å². The number of alkyl halides is 3. The fraction of sp³-hybridized carbons (Fsp3) is 0.185. The van der Waals surface area contributed by atoms with Gasteiger partial charge in [-0.1, -0.05) is 36.4 Å². The quantitative estimate of drug-likeness (QED) is 0.308. The lowest BCUT2D eigenvalue weighted by molar-refractivity contribution is -0.145. The van der Waals surface area contributed by atoms with Crippen molar-refractivity contribution in [2.45, 2.75) is 19.6 Å². The Morgan fingerprint density at radius 2 is 1.77 bits per heavy atom. The summed E-state index contributed by atoms with van der Waals surface area (Å²) in [6, 6.07) is 17.1. The van der Waals surface area contributed by atoms with E-state index in [1.54, 1.807) is 37.3 Å². The third-order valence-corrected chi connectivity index (χ3v) is 5.49. The van der Waals surface area contributed by atoms with Gasteiger partial charge in [-0.25, -0.2) is 4.79 Å². The lowest BCUT2D eigenvalue weighted by Crippen LogP contribution is -2.23. The number of carbonyl (C=O) groups excluding carboxylic acids is 2. The molecular formula is C27H22F3NO4. The van der Waals surface area contributed by atoms with E-state index in [9.17, 15) is 22.8 Å². The first kappa shape index (κ1) is 24.1. The SMILES string of the molecule is CCOC(=O)COc1cccc(/C=C/c2cccc3c2CN(c2ccc(C(F)(F)F)cc2)C3=O)c1. The molecule has 3 aromatic carbocycles. The molecule has 0 radical (unpaired) electrons. The number of rotatable bonds is 7. The molecule has 0 bridgehead atoms. The lowest BCUT2D eigenvalue weighted by Gasteiger charge is -2.17. The Kier molecular flexibility index (Phi) is 6.91. The topological polar surface area (TPSA) is 55.8 Å². The highest BCUT2D eigenvalue weighted by molar-refractivity contribution is 6.10. The van der Waals surface area contributed by atoms with Gasteiger partial charge in [-0.2, -0.15) is 13.2 Å². The zero-order valence-electron chi connectivity index (χ0n) is 18.8. The Morgan fingerprint density at radius 1 is 1.03 bits per heavy atom. The van der Waals surface area contributed by atoms with Crippen molar-refractivity contribution in [1.82, 2.24) is 0 Å². The summed E-state index contributed by atoms with van der Waals surface area (Å²) in [4.78, 5) is 25.9. The number of hydrogen-bond acceptors (Lipinski definition) is 4. The van der Waals surface area contributed by atoms with Crippen LogP contribution in [0.25, 0.3) is 12.2 Å². The van der Waals surface area contributed by atoms with Crippen molar-refractivity contribution in [2.24, 2.45) is 0 Å². The number of esters is 1. The summed E-state index contributed by atoms with van der Waals surface area (Å²) in [7, 11) is 0. The molecule has 4 rings (SSSR count). The second kappa shape index (κ2) is 10.0. The average Bonchev–Trinajstić information content (AvgIpc) is 3.18. The van der Waals surface area contributed by atoms with Crippen LogP contribution in [0.2, 0.25) is 0 Å². The molecule has 0 atom stereocenters. The Balaban J connectivity index is 1.51. The molecule has 35 heavy (non-hydrogen) atoms.